The normalized spacial score (nSPS) is 13.2. The number of hydrogen-bond acceptors (Lipinski definition) is 5. The molecular weight excluding hydrogens is 538 g/mol. The molecule has 0 aromatic heterocycles. The average molecular weight is 570 g/mol. The van der Waals surface area contributed by atoms with Gasteiger partial charge in [0.05, 0.1) is 4.90 Å². The van der Waals surface area contributed by atoms with E-state index in [1.165, 1.54) is 38.4 Å². The van der Waals surface area contributed by atoms with Gasteiger partial charge in [-0.1, -0.05) is 50.2 Å². The van der Waals surface area contributed by atoms with Gasteiger partial charge in [0.15, 0.2) is 0 Å². The van der Waals surface area contributed by atoms with E-state index in [1.807, 2.05) is 37.3 Å². The van der Waals surface area contributed by atoms with Crippen LogP contribution in [0.5, 0.6) is 0 Å². The third-order valence-electron chi connectivity index (χ3n) is 7.41. The number of benzene rings is 4. The number of imide groups is 1. The molecule has 0 fully saturated rings. The third-order valence-corrected chi connectivity index (χ3v) is 9.47. The molecule has 0 bridgehead atoms. The molecule has 0 spiro atoms. The quantitative estimate of drug-likeness (QED) is 0.261. The lowest BCUT2D eigenvalue weighted by Gasteiger charge is -2.30. The Morgan fingerprint density at radius 2 is 1.39 bits per heavy atom. The second-order valence-electron chi connectivity index (χ2n) is 9.88. The first-order valence-corrected chi connectivity index (χ1v) is 15.0. The van der Waals surface area contributed by atoms with Crippen LogP contribution in [0.25, 0.3) is 10.8 Å². The molecule has 0 saturated heterocycles. The second kappa shape index (κ2) is 11.3. The highest BCUT2D eigenvalue weighted by Gasteiger charge is 2.33. The maximum atomic E-state index is 13.8. The second-order valence-corrected chi connectivity index (χ2v) is 11.8. The van der Waals surface area contributed by atoms with Crippen LogP contribution in [0.3, 0.4) is 0 Å². The van der Waals surface area contributed by atoms with Gasteiger partial charge in [0.25, 0.3) is 17.7 Å². The Hall–Kier alpha value is -4.34. The summed E-state index contributed by atoms with van der Waals surface area (Å²) in [6, 6.07) is 24.0. The van der Waals surface area contributed by atoms with Crippen molar-refractivity contribution in [3.05, 3.63) is 107 Å². The van der Waals surface area contributed by atoms with E-state index in [4.69, 9.17) is 0 Å². The minimum Gasteiger partial charge on any atom is -0.307 e. The zero-order chi connectivity index (χ0) is 29.3. The van der Waals surface area contributed by atoms with Crippen molar-refractivity contribution in [3.63, 3.8) is 0 Å². The Morgan fingerprint density at radius 3 is 1.95 bits per heavy atom. The van der Waals surface area contributed by atoms with Gasteiger partial charge in [0.2, 0.25) is 10.0 Å². The average Bonchev–Trinajstić information content (AvgIpc) is 2.98. The van der Waals surface area contributed by atoms with E-state index in [2.05, 4.69) is 0 Å². The number of hydrogen-bond donors (Lipinski definition) is 0. The minimum absolute atomic E-state index is 0.0174. The number of carbonyl (C=O) groups is 3. The first-order chi connectivity index (χ1) is 19.7. The van der Waals surface area contributed by atoms with Gasteiger partial charge in [-0.2, -0.15) is 4.31 Å². The predicted molar refractivity (Wildman–Crippen MR) is 159 cm³/mol. The van der Waals surface area contributed by atoms with Gasteiger partial charge in [-0.15, -0.1) is 0 Å². The molecule has 0 N–H and O–H groups in total. The molecule has 210 valence electrons. The number of carbonyl (C=O) groups excluding carboxylic acids is 3. The largest absolute Gasteiger partial charge is 0.307 e. The van der Waals surface area contributed by atoms with E-state index in [0.717, 1.165) is 10.9 Å². The van der Waals surface area contributed by atoms with Crippen molar-refractivity contribution in [3.8, 4) is 0 Å². The molecule has 1 aliphatic rings. The number of nitrogens with zero attached hydrogens (tertiary/aromatic N) is 3. The van der Waals surface area contributed by atoms with Crippen molar-refractivity contribution in [2.45, 2.75) is 25.7 Å². The maximum Gasteiger partial charge on any atom is 0.261 e. The molecule has 5 rings (SSSR count). The summed E-state index contributed by atoms with van der Waals surface area (Å²) in [5.41, 5.74) is 2.74. The monoisotopic (exact) mass is 569 g/mol. The predicted octanol–water partition coefficient (Wildman–Crippen LogP) is 5.12. The topological polar surface area (TPSA) is 95.1 Å². The number of amides is 3. The molecule has 9 heteroatoms. The van der Waals surface area contributed by atoms with Gasteiger partial charge < -0.3 is 4.90 Å². The molecule has 4 aromatic carbocycles. The van der Waals surface area contributed by atoms with Gasteiger partial charge >= 0.3 is 0 Å². The Kier molecular flexibility index (Phi) is 7.75. The molecule has 3 amide bonds. The molecule has 0 aliphatic carbocycles. The fourth-order valence-electron chi connectivity index (χ4n) is 5.27. The van der Waals surface area contributed by atoms with E-state index in [9.17, 15) is 22.8 Å². The van der Waals surface area contributed by atoms with Crippen molar-refractivity contribution in [1.82, 2.24) is 9.21 Å². The lowest BCUT2D eigenvalue weighted by molar-refractivity contribution is 0.0611. The zero-order valence-corrected chi connectivity index (χ0v) is 24.0. The van der Waals surface area contributed by atoms with E-state index < -0.39 is 21.8 Å². The zero-order valence-electron chi connectivity index (χ0n) is 23.2. The third kappa shape index (κ3) is 5.14. The molecule has 4 aromatic rings. The van der Waals surface area contributed by atoms with Crippen LogP contribution in [0.15, 0.2) is 89.8 Å². The minimum atomic E-state index is -3.67. The number of aryl methyl sites for hydroxylation is 1. The van der Waals surface area contributed by atoms with Crippen LogP contribution in [0, 0.1) is 6.92 Å². The summed E-state index contributed by atoms with van der Waals surface area (Å²) in [5.74, 6) is -1.18. The van der Waals surface area contributed by atoms with Gasteiger partial charge in [-0.3, -0.25) is 19.3 Å². The molecular formula is C32H31N3O5S. The SMILES string of the molecule is CCN(CC)S(=O)(=O)c1ccc(C(=O)N(CCN2C(=O)c3cccc4cccc(c34)C2=O)c2cccc(C)c2)cc1. The maximum absolute atomic E-state index is 13.8. The van der Waals surface area contributed by atoms with Crippen molar-refractivity contribution in [2.75, 3.05) is 31.1 Å². The van der Waals surface area contributed by atoms with Crippen molar-refractivity contribution in [1.29, 1.82) is 0 Å². The van der Waals surface area contributed by atoms with Gasteiger partial charge in [0, 0.05) is 53.9 Å². The van der Waals surface area contributed by atoms with Crippen LogP contribution in [0.1, 0.15) is 50.5 Å². The van der Waals surface area contributed by atoms with E-state index >= 15 is 0 Å². The Labute approximate surface area is 239 Å². The first-order valence-electron chi connectivity index (χ1n) is 13.5. The fraction of sp³-hybridized carbons (Fsp3) is 0.219. The molecule has 0 radical (unpaired) electrons. The highest BCUT2D eigenvalue weighted by atomic mass is 32.2. The molecule has 41 heavy (non-hydrogen) atoms. The van der Waals surface area contributed by atoms with Crippen LogP contribution in [-0.4, -0.2) is 61.5 Å². The highest BCUT2D eigenvalue weighted by Crippen LogP contribution is 2.30. The lowest BCUT2D eigenvalue weighted by Crippen LogP contribution is -2.46. The van der Waals surface area contributed by atoms with Crippen molar-refractivity contribution < 1.29 is 22.8 Å². The van der Waals surface area contributed by atoms with Gasteiger partial charge in [-0.05, 0) is 66.4 Å². The van der Waals surface area contributed by atoms with Crippen LogP contribution >= 0.6 is 0 Å². The van der Waals surface area contributed by atoms with E-state index in [-0.39, 0.29) is 29.5 Å². The lowest BCUT2D eigenvalue weighted by atomic mass is 9.94. The van der Waals surface area contributed by atoms with Gasteiger partial charge in [0.1, 0.15) is 0 Å². The number of sulfonamides is 1. The fourth-order valence-corrected chi connectivity index (χ4v) is 6.72. The molecule has 0 unspecified atom stereocenters. The number of anilines is 1. The Morgan fingerprint density at radius 1 is 0.805 bits per heavy atom. The van der Waals surface area contributed by atoms with Crippen LogP contribution in [-0.2, 0) is 10.0 Å². The standard InChI is InChI=1S/C32H31N3O5S/c1-4-33(5-2)41(39,40)26-17-15-24(16-18-26)30(36)34(25-12-6-9-22(3)21-25)19-20-35-31(37)27-13-7-10-23-11-8-14-28(29(23)27)32(35)38/h6-18,21H,4-5,19-20H2,1-3H3. The van der Waals surface area contributed by atoms with E-state index in [1.54, 1.807) is 44.2 Å². The first kappa shape index (κ1) is 28.2. The summed E-state index contributed by atoms with van der Waals surface area (Å²) in [6.45, 7) is 6.17. The summed E-state index contributed by atoms with van der Waals surface area (Å²) in [5, 5.41) is 1.47. The van der Waals surface area contributed by atoms with Crippen LogP contribution in [0.4, 0.5) is 5.69 Å². The molecule has 1 aliphatic heterocycles. The number of rotatable bonds is 9. The molecule has 1 heterocycles. The summed E-state index contributed by atoms with van der Waals surface area (Å²) in [7, 11) is -3.67. The summed E-state index contributed by atoms with van der Waals surface area (Å²) >= 11 is 0. The van der Waals surface area contributed by atoms with Crippen molar-refractivity contribution in [2.24, 2.45) is 0 Å². The van der Waals surface area contributed by atoms with E-state index in [0.29, 0.717) is 35.3 Å². The van der Waals surface area contributed by atoms with Crippen LogP contribution in [0.2, 0.25) is 0 Å². The summed E-state index contributed by atoms with van der Waals surface area (Å²) in [4.78, 5) is 43.5. The molecule has 0 atom stereocenters. The molecule has 0 saturated carbocycles. The Balaban J connectivity index is 1.44. The van der Waals surface area contributed by atoms with Crippen molar-refractivity contribution >= 4 is 44.2 Å². The summed E-state index contributed by atoms with van der Waals surface area (Å²) < 4.78 is 27.2. The smallest absolute Gasteiger partial charge is 0.261 e. The van der Waals surface area contributed by atoms with Gasteiger partial charge in [-0.25, -0.2) is 8.42 Å². The Bertz CT molecular complexity index is 1710. The highest BCUT2D eigenvalue weighted by molar-refractivity contribution is 7.89. The summed E-state index contributed by atoms with van der Waals surface area (Å²) in [6.07, 6.45) is 0. The van der Waals surface area contributed by atoms with Crippen LogP contribution < -0.4 is 4.90 Å². The molecule has 8 nitrogen and oxygen atoms in total.